The van der Waals surface area contributed by atoms with Crippen molar-refractivity contribution in [3.8, 4) is 11.1 Å². The summed E-state index contributed by atoms with van der Waals surface area (Å²) in [5, 5.41) is 4.07. The molecule has 1 saturated heterocycles. The van der Waals surface area contributed by atoms with Crippen LogP contribution in [0.1, 0.15) is 61.8 Å². The Bertz CT molecular complexity index is 1830. The third-order valence-corrected chi connectivity index (χ3v) is 8.65. The highest BCUT2D eigenvalue weighted by Crippen LogP contribution is 2.53. The van der Waals surface area contributed by atoms with E-state index in [2.05, 4.69) is 53.9 Å². The molecule has 0 spiro atoms. The van der Waals surface area contributed by atoms with Crippen molar-refractivity contribution in [2.24, 2.45) is 5.41 Å². The van der Waals surface area contributed by atoms with E-state index in [0.717, 1.165) is 60.1 Å². The van der Waals surface area contributed by atoms with E-state index in [1.165, 1.54) is 5.56 Å². The summed E-state index contributed by atoms with van der Waals surface area (Å²) in [7, 11) is 0. The van der Waals surface area contributed by atoms with E-state index in [1.807, 2.05) is 51.5 Å². The topological polar surface area (TPSA) is 105 Å². The molecule has 0 unspecified atom stereocenters. The molecular weight excluding hydrogens is 526 g/mol. The number of carbonyl (C=O) groups excluding carboxylic acids is 2. The van der Waals surface area contributed by atoms with Gasteiger partial charge in [0.2, 0.25) is 11.7 Å². The Kier molecular flexibility index (Phi) is 6.07. The van der Waals surface area contributed by atoms with Gasteiger partial charge in [0.05, 0.1) is 17.4 Å². The third kappa shape index (κ3) is 4.49. The smallest absolute Gasteiger partial charge is 0.270 e. The molecule has 1 atom stereocenters. The van der Waals surface area contributed by atoms with Crippen LogP contribution in [0, 0.1) is 5.41 Å². The highest BCUT2D eigenvalue weighted by Gasteiger charge is 2.48. The lowest BCUT2D eigenvalue weighted by molar-refractivity contribution is -0.139. The minimum atomic E-state index is -0.619. The lowest BCUT2D eigenvalue weighted by Gasteiger charge is -2.38. The number of rotatable bonds is 6. The van der Waals surface area contributed by atoms with Gasteiger partial charge in [0.1, 0.15) is 11.7 Å². The number of carbonyl (C=O) groups is 2. The quantitative estimate of drug-likeness (QED) is 0.321. The molecule has 1 aromatic carbocycles. The standard InChI is InChI=1S/C33H33N7O2/c1-32(2,3)28(30(42)39-14-5-15-39)38-29(41)26-9-7-22(17-35-26)23-18-36-31-37-19-27(40(31)20-23)33(11-12-33)24-8-10-25-21(16-24)6-4-13-34-25/h4,6-10,13,16-20,28H,5,11-12,14-15H2,1-3H3,(H,38,41)/t28-/m1/s1. The first-order chi connectivity index (χ1) is 20.2. The lowest BCUT2D eigenvalue weighted by Crippen LogP contribution is -2.57. The molecule has 2 fully saturated rings. The highest BCUT2D eigenvalue weighted by atomic mass is 16.2. The number of likely N-dealkylation sites (tertiary alicyclic amines) is 1. The first-order valence-corrected chi connectivity index (χ1v) is 14.5. The molecule has 9 heteroatoms. The predicted octanol–water partition coefficient (Wildman–Crippen LogP) is 4.80. The molecule has 7 rings (SSSR count). The first kappa shape index (κ1) is 26.3. The lowest BCUT2D eigenvalue weighted by atomic mass is 9.85. The number of amides is 2. The van der Waals surface area contributed by atoms with Gasteiger partial charge in [-0.3, -0.25) is 24.0 Å². The number of fused-ring (bicyclic) bond motifs is 2. The predicted molar refractivity (Wildman–Crippen MR) is 160 cm³/mol. The molecule has 1 aliphatic carbocycles. The van der Waals surface area contributed by atoms with Gasteiger partial charge >= 0.3 is 0 Å². The summed E-state index contributed by atoms with van der Waals surface area (Å²) >= 11 is 0. The second kappa shape index (κ2) is 9.72. The first-order valence-electron chi connectivity index (χ1n) is 14.5. The minimum Gasteiger partial charge on any atom is -0.341 e. The second-order valence-electron chi connectivity index (χ2n) is 12.5. The molecule has 0 bridgehead atoms. The summed E-state index contributed by atoms with van der Waals surface area (Å²) < 4.78 is 2.08. The summed E-state index contributed by atoms with van der Waals surface area (Å²) in [6.45, 7) is 7.37. The zero-order valence-electron chi connectivity index (χ0n) is 24.0. The maximum absolute atomic E-state index is 13.1. The van der Waals surface area contributed by atoms with Gasteiger partial charge < -0.3 is 10.2 Å². The third-order valence-electron chi connectivity index (χ3n) is 8.65. The number of nitrogens with zero attached hydrogens (tertiary/aromatic N) is 6. The fourth-order valence-electron chi connectivity index (χ4n) is 5.84. The van der Waals surface area contributed by atoms with Gasteiger partial charge in [0.25, 0.3) is 5.91 Å². The van der Waals surface area contributed by atoms with Crippen LogP contribution in [-0.2, 0) is 10.2 Å². The van der Waals surface area contributed by atoms with Crippen LogP contribution in [0.15, 0.2) is 73.4 Å². The van der Waals surface area contributed by atoms with Crippen LogP contribution in [-0.4, -0.2) is 60.2 Å². The fraction of sp³-hybridized carbons (Fsp3) is 0.333. The van der Waals surface area contributed by atoms with E-state index in [-0.39, 0.29) is 22.9 Å². The Morgan fingerprint density at radius 2 is 1.71 bits per heavy atom. The normalized spacial score (nSPS) is 16.7. The number of pyridine rings is 2. The van der Waals surface area contributed by atoms with Crippen LogP contribution >= 0.6 is 0 Å². The van der Waals surface area contributed by atoms with Crippen LogP contribution < -0.4 is 5.32 Å². The summed E-state index contributed by atoms with van der Waals surface area (Å²) in [6.07, 6.45) is 12.3. The molecule has 1 N–H and O–H groups in total. The van der Waals surface area contributed by atoms with E-state index in [0.29, 0.717) is 5.78 Å². The summed E-state index contributed by atoms with van der Waals surface area (Å²) in [6, 6.07) is 13.5. The molecule has 5 aromatic rings. The number of aromatic nitrogens is 5. The van der Waals surface area contributed by atoms with Crippen LogP contribution in [0.3, 0.4) is 0 Å². The van der Waals surface area contributed by atoms with Crippen molar-refractivity contribution in [2.75, 3.05) is 13.1 Å². The van der Waals surface area contributed by atoms with E-state index in [1.54, 1.807) is 23.4 Å². The van der Waals surface area contributed by atoms with E-state index in [9.17, 15) is 9.59 Å². The van der Waals surface area contributed by atoms with Gasteiger partial charge in [-0.1, -0.05) is 39.0 Å². The molecular formula is C33H33N7O2. The molecule has 2 amide bonds. The number of hydrogen-bond acceptors (Lipinski definition) is 6. The highest BCUT2D eigenvalue weighted by molar-refractivity contribution is 5.96. The molecule has 1 aliphatic heterocycles. The molecule has 9 nitrogen and oxygen atoms in total. The number of nitrogens with one attached hydrogen (secondary N) is 1. The minimum absolute atomic E-state index is 0.0389. The maximum atomic E-state index is 13.1. The van der Waals surface area contributed by atoms with Gasteiger partial charge in [-0.25, -0.2) is 9.97 Å². The molecule has 4 aromatic heterocycles. The van der Waals surface area contributed by atoms with E-state index < -0.39 is 11.5 Å². The zero-order chi connectivity index (χ0) is 29.1. The summed E-state index contributed by atoms with van der Waals surface area (Å²) in [4.78, 5) is 46.1. The Hall–Kier alpha value is -4.66. The van der Waals surface area contributed by atoms with Crippen molar-refractivity contribution in [1.29, 1.82) is 0 Å². The zero-order valence-corrected chi connectivity index (χ0v) is 24.0. The number of benzene rings is 1. The number of imidazole rings is 1. The fourth-order valence-corrected chi connectivity index (χ4v) is 5.84. The van der Waals surface area contributed by atoms with Crippen molar-refractivity contribution in [3.63, 3.8) is 0 Å². The largest absolute Gasteiger partial charge is 0.341 e. The van der Waals surface area contributed by atoms with Gasteiger partial charge in [0.15, 0.2) is 0 Å². The van der Waals surface area contributed by atoms with Crippen LogP contribution in [0.4, 0.5) is 0 Å². The molecule has 212 valence electrons. The van der Waals surface area contributed by atoms with Crippen molar-refractivity contribution >= 4 is 28.5 Å². The summed E-state index contributed by atoms with van der Waals surface area (Å²) in [5.74, 6) is 0.247. The van der Waals surface area contributed by atoms with E-state index in [4.69, 9.17) is 0 Å². The van der Waals surface area contributed by atoms with Crippen LogP contribution in [0.25, 0.3) is 27.8 Å². The monoisotopic (exact) mass is 559 g/mol. The average Bonchev–Trinajstić information content (AvgIpc) is 3.66. The Morgan fingerprint density at radius 3 is 2.40 bits per heavy atom. The summed E-state index contributed by atoms with van der Waals surface area (Å²) in [5.41, 5.74) is 4.80. The molecule has 0 radical (unpaired) electrons. The van der Waals surface area contributed by atoms with Crippen LogP contribution in [0.5, 0.6) is 0 Å². The Balaban J connectivity index is 1.15. The van der Waals surface area contributed by atoms with E-state index >= 15 is 0 Å². The van der Waals surface area contributed by atoms with Gasteiger partial charge in [-0.05, 0) is 54.5 Å². The van der Waals surface area contributed by atoms with Crippen molar-refractivity contribution in [2.45, 2.75) is 51.5 Å². The molecule has 42 heavy (non-hydrogen) atoms. The molecule has 2 aliphatic rings. The van der Waals surface area contributed by atoms with Gasteiger partial charge in [-0.2, -0.15) is 0 Å². The van der Waals surface area contributed by atoms with Crippen molar-refractivity contribution < 1.29 is 9.59 Å². The van der Waals surface area contributed by atoms with Crippen molar-refractivity contribution in [1.82, 2.24) is 34.6 Å². The second-order valence-corrected chi connectivity index (χ2v) is 12.5. The SMILES string of the molecule is CC(C)(C)[C@H](NC(=O)c1ccc(-c2cnc3ncc(C4(c5ccc6ncccc6c5)CC4)n3c2)cn1)C(=O)N1CCC1. The Morgan fingerprint density at radius 1 is 0.929 bits per heavy atom. The molecule has 5 heterocycles. The van der Waals surface area contributed by atoms with Gasteiger partial charge in [0, 0.05) is 59.8 Å². The molecule has 1 saturated carbocycles. The maximum Gasteiger partial charge on any atom is 0.270 e. The Labute approximate surface area is 244 Å². The van der Waals surface area contributed by atoms with Crippen LogP contribution in [0.2, 0.25) is 0 Å². The van der Waals surface area contributed by atoms with Crippen molar-refractivity contribution in [3.05, 3.63) is 90.4 Å². The average molecular weight is 560 g/mol. The van der Waals surface area contributed by atoms with Gasteiger partial charge in [-0.15, -0.1) is 0 Å². The number of hydrogen-bond donors (Lipinski definition) is 1.